The van der Waals surface area contributed by atoms with Crippen molar-refractivity contribution < 1.29 is 42.6 Å². The minimum Gasteiger partial charge on any atom is -0.477 e. The minimum atomic E-state index is -1.27. The van der Waals surface area contributed by atoms with Gasteiger partial charge in [-0.05, 0) is 57.0 Å². The molecule has 0 saturated carbocycles. The van der Waals surface area contributed by atoms with Gasteiger partial charge in [-0.1, -0.05) is 20.8 Å². The maximum Gasteiger partial charge on any atom is 0.409 e. The number of benzene rings is 1. The molecular weight excluding hydrogens is 720 g/mol. The smallest absolute Gasteiger partial charge is 0.409 e. The zero-order valence-electron chi connectivity index (χ0n) is 30.1. The normalized spacial score (nSPS) is 18.4. The molecular formula is C33H47FN8O8S2. The zero-order valence-corrected chi connectivity index (χ0v) is 31.7. The molecule has 2 aromatic rings. The Hall–Kier alpha value is -4.20. The van der Waals surface area contributed by atoms with Crippen molar-refractivity contribution in [2.45, 2.75) is 59.2 Å². The number of carboxylic acids is 1. The van der Waals surface area contributed by atoms with E-state index >= 15 is 0 Å². The van der Waals surface area contributed by atoms with Gasteiger partial charge in [0, 0.05) is 50.1 Å². The van der Waals surface area contributed by atoms with Crippen molar-refractivity contribution >= 4 is 59.3 Å². The number of thioether (sulfide) groups is 1. The van der Waals surface area contributed by atoms with Crippen LogP contribution >= 0.6 is 24.0 Å². The molecule has 19 heteroatoms. The zero-order chi connectivity index (χ0) is 37.9. The molecule has 2 fully saturated rings. The highest BCUT2D eigenvalue weighted by molar-refractivity contribution is 8.00. The maximum atomic E-state index is 15.0. The fraction of sp³-hybridized carbons (Fsp3) is 0.576. The van der Waals surface area contributed by atoms with Gasteiger partial charge in [0.25, 0.3) is 4.84 Å². The lowest BCUT2D eigenvalue weighted by molar-refractivity contribution is -0.149. The number of fused-ring (bicyclic) bond motifs is 1. The van der Waals surface area contributed by atoms with Crippen LogP contribution in [0.1, 0.15) is 40.5 Å². The Kier molecular flexibility index (Phi) is 14.9. The average molecular weight is 767 g/mol. The number of β-lactam (4-membered cyclic amide) rings is 1. The first-order valence-electron chi connectivity index (χ1n) is 17.2. The number of amides is 2. The largest absolute Gasteiger partial charge is 0.477 e. The van der Waals surface area contributed by atoms with Crippen LogP contribution in [0, 0.1) is 10.7 Å². The molecule has 16 nitrogen and oxygen atoms in total. The van der Waals surface area contributed by atoms with Gasteiger partial charge < -0.3 is 39.0 Å². The van der Waals surface area contributed by atoms with Crippen LogP contribution < -0.4 is 15.5 Å². The van der Waals surface area contributed by atoms with E-state index in [1.807, 2.05) is 4.90 Å². The van der Waals surface area contributed by atoms with Crippen molar-refractivity contribution in [2.24, 2.45) is 0 Å². The number of piperazine rings is 1. The second-order valence-corrected chi connectivity index (χ2v) is 13.3. The molecule has 0 radical (unpaired) electrons. The number of carbonyl (C=O) groups excluding carboxylic acids is 3. The van der Waals surface area contributed by atoms with E-state index < -0.39 is 35.1 Å². The Morgan fingerprint density at radius 1 is 1.12 bits per heavy atom. The highest BCUT2D eigenvalue weighted by atomic mass is 32.2. The quantitative estimate of drug-likeness (QED) is 0.145. The predicted octanol–water partition coefficient (Wildman–Crippen LogP) is 3.32. The van der Waals surface area contributed by atoms with Gasteiger partial charge in [-0.2, -0.15) is 0 Å². The van der Waals surface area contributed by atoms with Crippen LogP contribution in [0.5, 0.6) is 0 Å². The number of rotatable bonds is 14. The lowest BCUT2D eigenvalue weighted by Crippen LogP contribution is -2.70. The number of carboxylic acid groups (broad SMARTS) is 1. The number of halogens is 1. The number of anilines is 2. The number of hydrogen-bond donors (Lipinski definition) is 3. The third-order valence-corrected chi connectivity index (χ3v) is 10.3. The van der Waals surface area contributed by atoms with E-state index in [1.165, 1.54) is 54.0 Å². The maximum absolute atomic E-state index is 15.0. The molecule has 5 rings (SSSR count). The molecule has 3 aliphatic heterocycles. The van der Waals surface area contributed by atoms with Gasteiger partial charge in [0.2, 0.25) is 11.8 Å². The molecule has 2 amide bonds. The summed E-state index contributed by atoms with van der Waals surface area (Å²) in [6, 6.07) is 4.08. The summed E-state index contributed by atoms with van der Waals surface area (Å²) in [5, 5.41) is 19.7. The van der Waals surface area contributed by atoms with E-state index in [9.17, 15) is 28.7 Å². The first-order chi connectivity index (χ1) is 24.9. The number of hydrogen-bond acceptors (Lipinski definition) is 14. The first kappa shape index (κ1) is 40.6. The molecule has 2 atom stereocenters. The van der Waals surface area contributed by atoms with E-state index in [-0.39, 0.29) is 48.1 Å². The number of carbonyl (C=O) groups is 4. The number of aromatic nitrogens is 2. The molecule has 1 aromatic carbocycles. The average Bonchev–Trinajstić information content (AvgIpc) is 3.49. The standard InChI is InChI=1S/C27H32FN7O8S2.C6H15N/c1-3-41-26(40)33-8-6-32(7-9-33)19-5-4-17(10-18(19)28)29-11-20-31-34(27(44)43-20)14-30-21-23(37)35-22(25(38)39)16(12-42-15(2)36)13-45-24(21)35;1-4-7(5-2)6-3/h4-5,10,21,24,29-30H,3,6-9,11-14H2,1-2H3,(H,38,39);4-6H2,1-3H3/t21-,24-;/m1./s1. The van der Waals surface area contributed by atoms with E-state index in [0.29, 0.717) is 49.7 Å². The van der Waals surface area contributed by atoms with Crippen LogP contribution in [0.15, 0.2) is 33.9 Å². The molecule has 2 saturated heterocycles. The van der Waals surface area contributed by atoms with Crippen molar-refractivity contribution in [3.05, 3.63) is 46.0 Å². The summed E-state index contributed by atoms with van der Waals surface area (Å²) in [5.74, 6) is -2.15. The van der Waals surface area contributed by atoms with Crippen LogP contribution in [-0.2, 0) is 37.1 Å². The Bertz CT molecular complexity index is 1670. The van der Waals surface area contributed by atoms with Crippen molar-refractivity contribution in [2.75, 3.05) is 75.0 Å². The van der Waals surface area contributed by atoms with Crippen LogP contribution in [0.3, 0.4) is 0 Å². The Balaban J connectivity index is 0.000000785. The molecule has 4 heterocycles. The van der Waals surface area contributed by atoms with Gasteiger partial charge in [-0.15, -0.1) is 16.9 Å². The van der Waals surface area contributed by atoms with E-state index in [0.717, 1.165) is 0 Å². The van der Waals surface area contributed by atoms with Crippen LogP contribution in [0.4, 0.5) is 20.6 Å². The SMILES string of the molecule is CCN(CC)CC.CCOC(=O)N1CCN(c2ccc(NCc3nn(CN[C@@H]4C(=O)N5C(C(=O)O)=C(COC(C)=O)CS[C@H]45)c(=S)o3)cc2F)CC1. The monoisotopic (exact) mass is 766 g/mol. The van der Waals surface area contributed by atoms with Gasteiger partial charge >= 0.3 is 18.0 Å². The number of ether oxygens (including phenoxy) is 2. The lowest BCUT2D eigenvalue weighted by Gasteiger charge is -2.49. The highest BCUT2D eigenvalue weighted by Gasteiger charge is 2.53. The van der Waals surface area contributed by atoms with Gasteiger partial charge in [0.05, 0.1) is 25.5 Å². The fourth-order valence-electron chi connectivity index (χ4n) is 5.81. The van der Waals surface area contributed by atoms with Crippen LogP contribution in [0.25, 0.3) is 0 Å². The molecule has 3 aliphatic rings. The summed E-state index contributed by atoms with van der Waals surface area (Å²) in [6.07, 6.45) is -0.367. The fourth-order valence-corrected chi connectivity index (χ4v) is 7.37. The van der Waals surface area contributed by atoms with Crippen LogP contribution in [-0.4, -0.2) is 130 Å². The molecule has 0 aliphatic carbocycles. The molecule has 52 heavy (non-hydrogen) atoms. The first-order valence-corrected chi connectivity index (χ1v) is 18.6. The van der Waals surface area contributed by atoms with Crippen molar-refractivity contribution in [1.29, 1.82) is 0 Å². The molecule has 0 spiro atoms. The van der Waals surface area contributed by atoms with E-state index in [2.05, 4.69) is 41.4 Å². The minimum absolute atomic E-state index is 0.0306. The second-order valence-electron chi connectivity index (χ2n) is 11.9. The van der Waals surface area contributed by atoms with Crippen LogP contribution in [0.2, 0.25) is 0 Å². The van der Waals surface area contributed by atoms with E-state index in [1.54, 1.807) is 24.0 Å². The third kappa shape index (κ3) is 10.0. The van der Waals surface area contributed by atoms with Crippen molar-refractivity contribution in [3.63, 3.8) is 0 Å². The Labute approximate surface area is 311 Å². The Morgan fingerprint density at radius 3 is 2.38 bits per heavy atom. The van der Waals surface area contributed by atoms with Gasteiger partial charge in [-0.25, -0.2) is 18.7 Å². The number of esters is 1. The second kappa shape index (κ2) is 19.0. The summed E-state index contributed by atoms with van der Waals surface area (Å²) in [5.41, 5.74) is 1.12. The molecule has 1 aromatic heterocycles. The number of nitrogens with one attached hydrogen (secondary N) is 2. The Morgan fingerprint density at radius 2 is 1.81 bits per heavy atom. The van der Waals surface area contributed by atoms with E-state index in [4.69, 9.17) is 26.1 Å². The molecule has 0 unspecified atom stereocenters. The number of aliphatic carboxylic acids is 1. The molecule has 3 N–H and O–H groups in total. The summed E-state index contributed by atoms with van der Waals surface area (Å²) in [6.45, 7) is 15.2. The summed E-state index contributed by atoms with van der Waals surface area (Å²) < 4.78 is 31.9. The van der Waals surface area contributed by atoms with Crippen molar-refractivity contribution in [3.8, 4) is 0 Å². The number of nitrogens with zero attached hydrogens (tertiary/aromatic N) is 6. The lowest BCUT2D eigenvalue weighted by atomic mass is 10.0. The summed E-state index contributed by atoms with van der Waals surface area (Å²) >= 11 is 6.62. The van der Waals surface area contributed by atoms with Gasteiger partial charge in [0.15, 0.2) is 0 Å². The predicted molar refractivity (Wildman–Crippen MR) is 195 cm³/mol. The van der Waals surface area contributed by atoms with Gasteiger partial charge in [0.1, 0.15) is 29.5 Å². The molecule has 0 bridgehead atoms. The topological polar surface area (TPSA) is 175 Å². The van der Waals surface area contributed by atoms with Crippen molar-refractivity contribution in [1.82, 2.24) is 29.8 Å². The molecule has 286 valence electrons. The summed E-state index contributed by atoms with van der Waals surface area (Å²) in [7, 11) is 0. The third-order valence-electron chi connectivity index (χ3n) is 8.69. The summed E-state index contributed by atoms with van der Waals surface area (Å²) in [4.78, 5) is 55.0. The van der Waals surface area contributed by atoms with Gasteiger partial charge in [-0.3, -0.25) is 19.8 Å². The highest BCUT2D eigenvalue weighted by Crippen LogP contribution is 2.40.